The number of amides is 1. The van der Waals surface area contributed by atoms with Gasteiger partial charge in [-0.05, 0) is 44.8 Å². The summed E-state index contributed by atoms with van der Waals surface area (Å²) in [7, 11) is 0. The third-order valence-corrected chi connectivity index (χ3v) is 3.55. The Balaban J connectivity index is 0.00000200. The van der Waals surface area contributed by atoms with Gasteiger partial charge in [-0.3, -0.25) is 9.59 Å². The molecule has 1 aliphatic heterocycles. The summed E-state index contributed by atoms with van der Waals surface area (Å²) in [5, 5.41) is 6.15. The SMILES string of the molecule is CCn1cc(NC(=O)CCC2CCNC2)ccc1=O.Cl. The van der Waals surface area contributed by atoms with Crippen molar-refractivity contribution in [3.63, 3.8) is 0 Å². The van der Waals surface area contributed by atoms with Crippen LogP contribution < -0.4 is 16.2 Å². The fourth-order valence-corrected chi connectivity index (χ4v) is 2.37. The molecular formula is C14H22ClN3O2. The zero-order valence-electron chi connectivity index (χ0n) is 11.7. The van der Waals surface area contributed by atoms with E-state index in [2.05, 4.69) is 10.6 Å². The molecule has 0 radical (unpaired) electrons. The fraction of sp³-hybridized carbons (Fsp3) is 0.571. The van der Waals surface area contributed by atoms with E-state index in [9.17, 15) is 9.59 Å². The number of carbonyl (C=O) groups is 1. The summed E-state index contributed by atoms with van der Waals surface area (Å²) in [6, 6.07) is 3.14. The van der Waals surface area contributed by atoms with Crippen molar-refractivity contribution >= 4 is 24.0 Å². The molecule has 112 valence electrons. The second-order valence-corrected chi connectivity index (χ2v) is 4.99. The van der Waals surface area contributed by atoms with Gasteiger partial charge in [0.05, 0.1) is 5.69 Å². The van der Waals surface area contributed by atoms with Crippen molar-refractivity contribution in [3.05, 3.63) is 28.7 Å². The van der Waals surface area contributed by atoms with Crippen LogP contribution in [0.1, 0.15) is 26.2 Å². The van der Waals surface area contributed by atoms with Crippen molar-refractivity contribution in [2.24, 2.45) is 5.92 Å². The number of carbonyl (C=O) groups excluding carboxylic acids is 1. The minimum Gasteiger partial charge on any atom is -0.325 e. The highest BCUT2D eigenvalue weighted by Crippen LogP contribution is 2.15. The molecule has 0 bridgehead atoms. The maximum Gasteiger partial charge on any atom is 0.250 e. The normalized spacial score (nSPS) is 17.6. The molecule has 1 amide bonds. The van der Waals surface area contributed by atoms with Gasteiger partial charge in [-0.25, -0.2) is 0 Å². The molecule has 1 fully saturated rings. The van der Waals surface area contributed by atoms with E-state index in [0.717, 1.165) is 25.9 Å². The van der Waals surface area contributed by atoms with Crippen LogP contribution >= 0.6 is 12.4 Å². The molecule has 0 aliphatic carbocycles. The van der Waals surface area contributed by atoms with Crippen LogP contribution in [0.15, 0.2) is 23.1 Å². The molecule has 1 aliphatic rings. The second kappa shape index (κ2) is 8.07. The zero-order chi connectivity index (χ0) is 13.7. The Hall–Kier alpha value is -1.33. The number of rotatable bonds is 5. The van der Waals surface area contributed by atoms with Crippen molar-refractivity contribution in [2.45, 2.75) is 32.7 Å². The van der Waals surface area contributed by atoms with E-state index in [0.29, 0.717) is 24.6 Å². The lowest BCUT2D eigenvalue weighted by Gasteiger charge is -2.10. The van der Waals surface area contributed by atoms with Gasteiger partial charge < -0.3 is 15.2 Å². The molecule has 0 saturated carbocycles. The number of hydrogen-bond acceptors (Lipinski definition) is 3. The standard InChI is InChI=1S/C14H21N3O2.ClH/c1-2-17-10-12(4-6-14(17)19)16-13(18)5-3-11-7-8-15-9-11;/h4,6,10-11,15H,2-3,5,7-9H2,1H3,(H,16,18);1H. The molecule has 1 saturated heterocycles. The van der Waals surface area contributed by atoms with Crippen LogP contribution in [0.4, 0.5) is 5.69 Å². The first-order valence-corrected chi connectivity index (χ1v) is 6.90. The average Bonchev–Trinajstić information content (AvgIpc) is 2.92. The highest BCUT2D eigenvalue weighted by atomic mass is 35.5. The minimum atomic E-state index is -0.0440. The van der Waals surface area contributed by atoms with Gasteiger partial charge in [-0.2, -0.15) is 0 Å². The Bertz CT molecular complexity index is 495. The first-order valence-electron chi connectivity index (χ1n) is 6.90. The van der Waals surface area contributed by atoms with Crippen LogP contribution in [-0.2, 0) is 11.3 Å². The largest absolute Gasteiger partial charge is 0.325 e. The molecule has 1 atom stereocenters. The van der Waals surface area contributed by atoms with E-state index in [-0.39, 0.29) is 23.9 Å². The van der Waals surface area contributed by atoms with Crippen LogP contribution in [0.25, 0.3) is 0 Å². The Labute approximate surface area is 125 Å². The Morgan fingerprint density at radius 3 is 2.95 bits per heavy atom. The van der Waals surface area contributed by atoms with E-state index in [4.69, 9.17) is 0 Å². The van der Waals surface area contributed by atoms with Crippen LogP contribution in [0.2, 0.25) is 0 Å². The van der Waals surface area contributed by atoms with Crippen LogP contribution in [0.5, 0.6) is 0 Å². The van der Waals surface area contributed by atoms with Crippen LogP contribution in [-0.4, -0.2) is 23.6 Å². The molecule has 2 rings (SSSR count). The number of anilines is 1. The number of nitrogens with zero attached hydrogens (tertiary/aromatic N) is 1. The van der Waals surface area contributed by atoms with Gasteiger partial charge >= 0.3 is 0 Å². The smallest absolute Gasteiger partial charge is 0.250 e. The van der Waals surface area contributed by atoms with Gasteiger partial charge in [0.1, 0.15) is 0 Å². The summed E-state index contributed by atoms with van der Waals surface area (Å²) in [6.07, 6.45) is 4.31. The number of hydrogen-bond donors (Lipinski definition) is 2. The van der Waals surface area contributed by atoms with Crippen molar-refractivity contribution in [1.29, 1.82) is 0 Å². The number of nitrogens with one attached hydrogen (secondary N) is 2. The summed E-state index contributed by atoms with van der Waals surface area (Å²) in [6.45, 7) is 4.60. The molecule has 1 unspecified atom stereocenters. The molecule has 6 heteroatoms. The number of halogens is 1. The van der Waals surface area contributed by atoms with Crippen molar-refractivity contribution < 1.29 is 4.79 Å². The predicted molar refractivity (Wildman–Crippen MR) is 82.5 cm³/mol. The van der Waals surface area contributed by atoms with Gasteiger partial charge in [0.2, 0.25) is 5.91 Å². The molecule has 1 aromatic rings. The Morgan fingerprint density at radius 1 is 1.50 bits per heavy atom. The lowest BCUT2D eigenvalue weighted by atomic mass is 10.0. The highest BCUT2D eigenvalue weighted by molar-refractivity contribution is 5.90. The molecule has 0 aromatic carbocycles. The summed E-state index contributed by atoms with van der Waals surface area (Å²) < 4.78 is 1.58. The summed E-state index contributed by atoms with van der Waals surface area (Å²) in [4.78, 5) is 23.3. The van der Waals surface area contributed by atoms with E-state index in [1.54, 1.807) is 16.8 Å². The third kappa shape index (κ3) is 4.65. The molecular weight excluding hydrogens is 278 g/mol. The number of aryl methyl sites for hydroxylation is 1. The van der Waals surface area contributed by atoms with Crippen LogP contribution in [0, 0.1) is 5.92 Å². The van der Waals surface area contributed by atoms with E-state index >= 15 is 0 Å². The molecule has 5 nitrogen and oxygen atoms in total. The lowest BCUT2D eigenvalue weighted by molar-refractivity contribution is -0.116. The first kappa shape index (κ1) is 16.7. The number of aromatic nitrogens is 1. The Morgan fingerprint density at radius 2 is 2.30 bits per heavy atom. The van der Waals surface area contributed by atoms with Crippen molar-refractivity contribution in [3.8, 4) is 0 Å². The molecule has 2 heterocycles. The summed E-state index contributed by atoms with van der Waals surface area (Å²) in [5.74, 6) is 0.642. The lowest BCUT2D eigenvalue weighted by Crippen LogP contribution is -2.20. The fourth-order valence-electron chi connectivity index (χ4n) is 2.37. The second-order valence-electron chi connectivity index (χ2n) is 4.99. The topological polar surface area (TPSA) is 63.1 Å². The van der Waals surface area contributed by atoms with Gasteiger partial charge in [0, 0.05) is 25.2 Å². The molecule has 20 heavy (non-hydrogen) atoms. The van der Waals surface area contributed by atoms with E-state index in [1.807, 2.05) is 6.92 Å². The monoisotopic (exact) mass is 299 g/mol. The Kier molecular flexibility index (Phi) is 6.75. The quantitative estimate of drug-likeness (QED) is 0.868. The van der Waals surface area contributed by atoms with E-state index < -0.39 is 0 Å². The summed E-state index contributed by atoms with van der Waals surface area (Å²) >= 11 is 0. The molecule has 2 N–H and O–H groups in total. The van der Waals surface area contributed by atoms with Gasteiger partial charge in [0.15, 0.2) is 0 Å². The van der Waals surface area contributed by atoms with Crippen molar-refractivity contribution in [1.82, 2.24) is 9.88 Å². The van der Waals surface area contributed by atoms with Crippen LogP contribution in [0.3, 0.4) is 0 Å². The van der Waals surface area contributed by atoms with Crippen molar-refractivity contribution in [2.75, 3.05) is 18.4 Å². The maximum atomic E-state index is 11.8. The minimum absolute atomic E-state index is 0. The van der Waals surface area contributed by atoms with Gasteiger partial charge in [-0.1, -0.05) is 0 Å². The molecule has 0 spiro atoms. The molecule has 1 aromatic heterocycles. The van der Waals surface area contributed by atoms with Gasteiger partial charge in [-0.15, -0.1) is 12.4 Å². The van der Waals surface area contributed by atoms with Gasteiger partial charge in [0.25, 0.3) is 5.56 Å². The number of pyridine rings is 1. The highest BCUT2D eigenvalue weighted by Gasteiger charge is 2.15. The first-order chi connectivity index (χ1) is 9.19. The maximum absolute atomic E-state index is 11.8. The van der Waals surface area contributed by atoms with E-state index in [1.165, 1.54) is 6.07 Å². The summed E-state index contributed by atoms with van der Waals surface area (Å²) in [5.41, 5.74) is 0.647. The average molecular weight is 300 g/mol. The third-order valence-electron chi connectivity index (χ3n) is 3.55. The zero-order valence-corrected chi connectivity index (χ0v) is 12.5. The predicted octanol–water partition coefficient (Wildman–Crippen LogP) is 1.62.